The Morgan fingerprint density at radius 1 is 1.02 bits per heavy atom. The van der Waals surface area contributed by atoms with Crippen LogP contribution in [0.1, 0.15) is 24.0 Å². The molecule has 2 aromatic carbocycles. The second-order valence-electron chi connectivity index (χ2n) is 10.3. The lowest BCUT2D eigenvalue weighted by atomic mass is 10.0. The first-order valence-electron chi connectivity index (χ1n) is 14.2. The summed E-state index contributed by atoms with van der Waals surface area (Å²) in [4.78, 5) is 20.2. The number of benzene rings is 2. The molecule has 1 amide bonds. The van der Waals surface area contributed by atoms with Crippen LogP contribution in [0.3, 0.4) is 0 Å². The number of hydrogen-bond donors (Lipinski definition) is 5. The van der Waals surface area contributed by atoms with Crippen molar-refractivity contribution in [2.45, 2.75) is 32.0 Å². The van der Waals surface area contributed by atoms with Crippen LogP contribution in [0.4, 0.5) is 15.9 Å². The zero-order valence-electron chi connectivity index (χ0n) is 24.1. The third-order valence-electron chi connectivity index (χ3n) is 7.36. The van der Waals surface area contributed by atoms with Crippen molar-refractivity contribution in [1.29, 1.82) is 0 Å². The number of carbonyl (C=O) groups is 1. The monoisotopic (exact) mass is 638 g/mol. The third-order valence-corrected chi connectivity index (χ3v) is 8.15. The Balaban J connectivity index is 1.37. The number of aliphatic hydroxyl groups is 1. The van der Waals surface area contributed by atoms with Crippen molar-refractivity contribution >= 4 is 40.6 Å². The first-order chi connectivity index (χ1) is 21.4. The van der Waals surface area contributed by atoms with Gasteiger partial charge in [0.1, 0.15) is 5.75 Å². The number of carbonyl (C=O) groups excluding carboxylic acids is 1. The van der Waals surface area contributed by atoms with E-state index >= 15 is 4.39 Å². The lowest BCUT2D eigenvalue weighted by molar-refractivity contribution is -0.119. The molecular formula is C32H33Cl2FN6O3. The van der Waals surface area contributed by atoms with E-state index in [-0.39, 0.29) is 30.9 Å². The molecule has 44 heavy (non-hydrogen) atoms. The highest BCUT2D eigenvalue weighted by Crippen LogP contribution is 2.41. The average molecular weight is 640 g/mol. The molecule has 2 aromatic heterocycles. The number of methoxy groups -OCH3 is 1. The number of nitrogens with zero attached hydrogens (tertiary/aromatic N) is 2. The van der Waals surface area contributed by atoms with E-state index in [9.17, 15) is 4.79 Å². The summed E-state index contributed by atoms with van der Waals surface area (Å²) in [5, 5.41) is 22.1. The van der Waals surface area contributed by atoms with Gasteiger partial charge >= 0.3 is 0 Å². The van der Waals surface area contributed by atoms with Gasteiger partial charge in [-0.25, -0.2) is 9.37 Å². The van der Waals surface area contributed by atoms with Crippen LogP contribution in [0.25, 0.3) is 22.4 Å². The Morgan fingerprint density at radius 3 is 2.59 bits per heavy atom. The molecule has 3 heterocycles. The number of anilines is 2. The highest BCUT2D eigenvalue weighted by atomic mass is 35.5. The number of nitrogens with one attached hydrogen (secondary N) is 4. The van der Waals surface area contributed by atoms with Gasteiger partial charge in [0.15, 0.2) is 11.6 Å². The summed E-state index contributed by atoms with van der Waals surface area (Å²) < 4.78 is 20.8. The van der Waals surface area contributed by atoms with Crippen molar-refractivity contribution in [2.24, 2.45) is 0 Å². The van der Waals surface area contributed by atoms with Crippen LogP contribution in [-0.2, 0) is 17.9 Å². The van der Waals surface area contributed by atoms with Crippen molar-refractivity contribution < 1.29 is 19.0 Å². The summed E-state index contributed by atoms with van der Waals surface area (Å²) in [6.07, 6.45) is 4.57. The Bertz CT molecular complexity index is 1640. The summed E-state index contributed by atoms with van der Waals surface area (Å²) in [6, 6.07) is 14.7. The molecule has 1 aliphatic rings. The largest absolute Gasteiger partial charge is 0.496 e. The van der Waals surface area contributed by atoms with E-state index in [0.29, 0.717) is 69.9 Å². The van der Waals surface area contributed by atoms with Gasteiger partial charge < -0.3 is 31.1 Å². The van der Waals surface area contributed by atoms with Crippen LogP contribution < -0.4 is 26.0 Å². The molecule has 0 radical (unpaired) electrons. The number of aromatic nitrogens is 2. The zero-order valence-corrected chi connectivity index (χ0v) is 25.6. The van der Waals surface area contributed by atoms with Gasteiger partial charge in [-0.05, 0) is 30.7 Å². The number of amides is 1. The van der Waals surface area contributed by atoms with E-state index in [2.05, 4.69) is 31.2 Å². The van der Waals surface area contributed by atoms with Gasteiger partial charge in [0, 0.05) is 78.9 Å². The van der Waals surface area contributed by atoms with E-state index in [0.717, 1.165) is 17.5 Å². The molecule has 5 N–H and O–H groups in total. The predicted molar refractivity (Wildman–Crippen MR) is 171 cm³/mol. The van der Waals surface area contributed by atoms with E-state index in [4.69, 9.17) is 33.0 Å². The third kappa shape index (κ3) is 7.28. The summed E-state index contributed by atoms with van der Waals surface area (Å²) in [5.41, 5.74) is 4.45. The van der Waals surface area contributed by atoms with Gasteiger partial charge in [0.05, 0.1) is 35.1 Å². The fourth-order valence-corrected chi connectivity index (χ4v) is 5.67. The van der Waals surface area contributed by atoms with E-state index in [1.165, 1.54) is 6.20 Å². The first kappa shape index (κ1) is 31.6. The van der Waals surface area contributed by atoms with Crippen molar-refractivity contribution in [1.82, 2.24) is 25.9 Å². The smallest absolute Gasteiger partial charge is 0.220 e. The normalized spacial score (nSPS) is 14.5. The molecule has 1 aliphatic heterocycles. The van der Waals surface area contributed by atoms with Gasteiger partial charge in [-0.3, -0.25) is 9.78 Å². The van der Waals surface area contributed by atoms with Crippen LogP contribution in [0, 0.1) is 5.82 Å². The van der Waals surface area contributed by atoms with E-state index in [1.807, 2.05) is 24.3 Å². The molecule has 5 rings (SSSR count). The average Bonchev–Trinajstić information content (AvgIpc) is 3.45. The van der Waals surface area contributed by atoms with Gasteiger partial charge in [-0.15, -0.1) is 0 Å². The summed E-state index contributed by atoms with van der Waals surface area (Å²) in [6.45, 7) is 1.80. The number of rotatable bonds is 13. The molecule has 0 spiro atoms. The van der Waals surface area contributed by atoms with Crippen LogP contribution >= 0.6 is 23.2 Å². The van der Waals surface area contributed by atoms with Gasteiger partial charge in [-0.1, -0.05) is 47.5 Å². The number of hydrogen-bond acceptors (Lipinski definition) is 8. The Morgan fingerprint density at radius 2 is 1.82 bits per heavy atom. The Kier molecular flexibility index (Phi) is 10.6. The number of aliphatic hydroxyl groups excluding tert-OH is 1. The highest BCUT2D eigenvalue weighted by Gasteiger charge is 2.21. The van der Waals surface area contributed by atoms with Crippen LogP contribution in [0.5, 0.6) is 5.75 Å². The minimum Gasteiger partial charge on any atom is -0.496 e. The number of pyridine rings is 2. The maximum Gasteiger partial charge on any atom is 0.220 e. The molecule has 1 unspecified atom stereocenters. The first-order valence-corrected chi connectivity index (χ1v) is 15.0. The van der Waals surface area contributed by atoms with Gasteiger partial charge in [-0.2, -0.15) is 0 Å². The maximum atomic E-state index is 15.2. The maximum absolute atomic E-state index is 15.2. The molecule has 4 aromatic rings. The molecule has 9 nitrogen and oxygen atoms in total. The van der Waals surface area contributed by atoms with E-state index in [1.54, 1.807) is 37.6 Å². The van der Waals surface area contributed by atoms with Crippen LogP contribution in [-0.4, -0.2) is 53.8 Å². The molecule has 0 aliphatic carbocycles. The second-order valence-corrected chi connectivity index (χ2v) is 11.1. The fraction of sp³-hybridized carbons (Fsp3) is 0.281. The summed E-state index contributed by atoms with van der Waals surface area (Å²) in [5.74, 6) is 0.292. The van der Waals surface area contributed by atoms with Crippen molar-refractivity contribution in [2.75, 3.05) is 32.1 Å². The minimum atomic E-state index is -0.512. The lowest BCUT2D eigenvalue weighted by Gasteiger charge is -2.16. The summed E-state index contributed by atoms with van der Waals surface area (Å²) >= 11 is 13.8. The Hall–Kier alpha value is -3.80. The highest BCUT2D eigenvalue weighted by molar-refractivity contribution is 6.39. The summed E-state index contributed by atoms with van der Waals surface area (Å²) in [7, 11) is 1.61. The molecule has 1 atom stereocenters. The minimum absolute atomic E-state index is 0.0310. The second kappa shape index (κ2) is 14.8. The lowest BCUT2D eigenvalue weighted by Crippen LogP contribution is -2.35. The molecule has 12 heteroatoms. The number of ether oxygens (including phenoxy) is 1. The van der Waals surface area contributed by atoms with Gasteiger partial charge in [0.25, 0.3) is 0 Å². The van der Waals surface area contributed by atoms with Crippen molar-refractivity contribution in [3.63, 3.8) is 0 Å². The number of halogens is 3. The van der Waals surface area contributed by atoms with Gasteiger partial charge in [0.2, 0.25) is 5.91 Å². The molecule has 230 valence electrons. The molecule has 1 saturated heterocycles. The van der Waals surface area contributed by atoms with Crippen LogP contribution in [0.15, 0.2) is 60.9 Å². The Labute approximate surface area is 265 Å². The molecule has 0 bridgehead atoms. The van der Waals surface area contributed by atoms with Crippen molar-refractivity contribution in [3.05, 3.63) is 87.9 Å². The van der Waals surface area contributed by atoms with Crippen LogP contribution in [0.2, 0.25) is 10.0 Å². The van der Waals surface area contributed by atoms with E-state index < -0.39 is 5.82 Å². The molecule has 0 saturated carbocycles. The molecule has 1 fully saturated rings. The SMILES string of the molecule is COc1cc(-c2nccc(-c3cccc(Nc4nccc(CNCCO)c4F)c3Cl)c2Cl)ccc1CNCC1CCC(=O)N1. The standard InChI is InChI=1S/C32H33Cl2FN6O3/c1-44-26-15-19(5-6-20(26)16-37-18-22-7-8-27(43)40-22)31-29(34)24(10-12-38-31)23-3-2-4-25(28(23)33)41-32-30(35)21(9-11-39-32)17-36-13-14-42/h2-6,9-12,15,22,36-37,42H,7-8,13-14,16-18H2,1H3,(H,39,41)(H,40,43). The van der Waals surface area contributed by atoms with Crippen molar-refractivity contribution in [3.8, 4) is 28.1 Å². The quantitative estimate of drug-likeness (QED) is 0.123. The molecular weight excluding hydrogens is 606 g/mol. The topological polar surface area (TPSA) is 120 Å². The fourth-order valence-electron chi connectivity index (χ4n) is 5.08. The zero-order chi connectivity index (χ0) is 31.1. The predicted octanol–water partition coefficient (Wildman–Crippen LogP) is 5.46.